The van der Waals surface area contributed by atoms with Gasteiger partial charge in [0.15, 0.2) is 0 Å². The van der Waals surface area contributed by atoms with Gasteiger partial charge in [-0.2, -0.15) is 0 Å². The van der Waals surface area contributed by atoms with E-state index >= 15 is 0 Å². The summed E-state index contributed by atoms with van der Waals surface area (Å²) in [5, 5.41) is 8.86. The van der Waals surface area contributed by atoms with Crippen molar-refractivity contribution in [3.05, 3.63) is 24.3 Å². The van der Waals surface area contributed by atoms with E-state index in [1.54, 1.807) is 0 Å². The molecule has 0 unspecified atom stereocenters. The van der Waals surface area contributed by atoms with Gasteiger partial charge in [-0.1, -0.05) is 19.3 Å². The number of carbonyl (C=O) groups is 2. The zero-order valence-electron chi connectivity index (χ0n) is 18.6. The van der Waals surface area contributed by atoms with Crippen molar-refractivity contribution >= 4 is 23.3 Å². The summed E-state index contributed by atoms with van der Waals surface area (Å²) in [6, 6.07) is 9.20. The van der Waals surface area contributed by atoms with Crippen molar-refractivity contribution < 1.29 is 9.59 Å². The molecule has 31 heavy (non-hydrogen) atoms. The highest BCUT2D eigenvalue weighted by Crippen LogP contribution is 2.28. The first-order valence-electron chi connectivity index (χ1n) is 12.1. The highest BCUT2D eigenvalue weighted by molar-refractivity contribution is 5.90. The number of urea groups is 1. The molecule has 3 N–H and O–H groups in total. The van der Waals surface area contributed by atoms with Crippen molar-refractivity contribution in [1.82, 2.24) is 15.5 Å². The Labute approximate surface area is 185 Å². The maximum atomic E-state index is 12.2. The third kappa shape index (κ3) is 6.86. The van der Waals surface area contributed by atoms with Gasteiger partial charge < -0.3 is 20.9 Å². The lowest BCUT2D eigenvalue weighted by Crippen LogP contribution is -2.47. The Morgan fingerprint density at radius 2 is 1.61 bits per heavy atom. The topological polar surface area (TPSA) is 76.7 Å². The highest BCUT2D eigenvalue weighted by atomic mass is 16.2. The normalized spacial score (nSPS) is 20.3. The molecule has 1 aromatic rings. The van der Waals surface area contributed by atoms with E-state index in [2.05, 4.69) is 37.9 Å². The van der Waals surface area contributed by atoms with Crippen LogP contribution in [0.15, 0.2) is 24.3 Å². The Balaban J connectivity index is 1.10. The summed E-state index contributed by atoms with van der Waals surface area (Å²) >= 11 is 0. The number of hydrogen-bond donors (Lipinski definition) is 3. The van der Waals surface area contributed by atoms with Crippen molar-refractivity contribution in [2.45, 2.75) is 69.9 Å². The predicted octanol–water partition coefficient (Wildman–Crippen LogP) is 3.32. The molecule has 1 aromatic carbocycles. The van der Waals surface area contributed by atoms with Crippen LogP contribution in [0.3, 0.4) is 0 Å². The van der Waals surface area contributed by atoms with Crippen molar-refractivity contribution in [3.8, 4) is 0 Å². The van der Waals surface area contributed by atoms with Crippen molar-refractivity contribution in [1.29, 1.82) is 0 Å². The molecule has 0 bridgehead atoms. The van der Waals surface area contributed by atoms with Gasteiger partial charge in [-0.25, -0.2) is 4.79 Å². The van der Waals surface area contributed by atoms with Crippen LogP contribution in [-0.2, 0) is 4.79 Å². The van der Waals surface area contributed by atoms with Gasteiger partial charge in [0.2, 0.25) is 5.91 Å². The molecule has 1 heterocycles. The van der Waals surface area contributed by atoms with Gasteiger partial charge in [-0.05, 0) is 56.4 Å². The van der Waals surface area contributed by atoms with Crippen LogP contribution >= 0.6 is 0 Å². The van der Waals surface area contributed by atoms with E-state index in [1.807, 2.05) is 12.1 Å². The summed E-state index contributed by atoms with van der Waals surface area (Å²) in [5.74, 6) is -0.0136. The Bertz CT molecular complexity index is 720. The van der Waals surface area contributed by atoms with E-state index in [0.29, 0.717) is 25.4 Å². The molecule has 0 aromatic heterocycles. The second-order valence-corrected chi connectivity index (χ2v) is 9.19. The number of benzene rings is 1. The van der Waals surface area contributed by atoms with E-state index < -0.39 is 0 Å². The minimum atomic E-state index is -0.110. The van der Waals surface area contributed by atoms with Crippen LogP contribution in [0.2, 0.25) is 0 Å². The van der Waals surface area contributed by atoms with Crippen molar-refractivity contribution in [2.75, 3.05) is 42.9 Å². The number of piperazine rings is 1. The fraction of sp³-hybridized carbons (Fsp3) is 0.667. The monoisotopic (exact) mass is 427 g/mol. The molecule has 2 saturated carbocycles. The van der Waals surface area contributed by atoms with Crippen LogP contribution < -0.4 is 20.9 Å². The van der Waals surface area contributed by atoms with Crippen LogP contribution in [0.1, 0.15) is 57.8 Å². The molecule has 0 radical (unpaired) electrons. The number of nitrogens with one attached hydrogen (secondary N) is 3. The third-order valence-electron chi connectivity index (χ3n) is 6.70. The van der Waals surface area contributed by atoms with Gasteiger partial charge in [0, 0.05) is 62.6 Å². The molecule has 7 nitrogen and oxygen atoms in total. The van der Waals surface area contributed by atoms with E-state index in [1.165, 1.54) is 37.8 Å². The molecule has 3 aliphatic rings. The average molecular weight is 428 g/mol. The van der Waals surface area contributed by atoms with Gasteiger partial charge in [0.25, 0.3) is 0 Å². The van der Waals surface area contributed by atoms with Crippen LogP contribution in [-0.4, -0.2) is 61.6 Å². The second-order valence-electron chi connectivity index (χ2n) is 9.19. The highest BCUT2D eigenvalue weighted by Gasteiger charge is 2.31. The Morgan fingerprint density at radius 3 is 2.29 bits per heavy atom. The minimum absolute atomic E-state index is 0.0136. The molecular weight excluding hydrogens is 390 g/mol. The number of carbonyl (C=O) groups excluding carboxylic acids is 2. The third-order valence-corrected chi connectivity index (χ3v) is 6.70. The van der Waals surface area contributed by atoms with Crippen LogP contribution in [0.4, 0.5) is 16.2 Å². The standard InChI is InChI=1S/C24H37N5O2/c30-23(7-4-14-25-24(31)27-19-5-2-1-3-6-19)26-20-8-10-21(11-9-20)28-15-17-29(18-16-28)22-12-13-22/h8-11,19,22H,1-7,12-18H2,(H,26,30)(H2,25,27,31). The van der Waals surface area contributed by atoms with Crippen molar-refractivity contribution in [3.63, 3.8) is 0 Å². The summed E-state index contributed by atoms with van der Waals surface area (Å²) in [5.41, 5.74) is 2.05. The van der Waals surface area contributed by atoms with Crippen LogP contribution in [0.5, 0.6) is 0 Å². The molecule has 3 fully saturated rings. The molecule has 3 amide bonds. The fourth-order valence-corrected chi connectivity index (χ4v) is 4.70. The maximum absolute atomic E-state index is 12.2. The molecule has 0 spiro atoms. The molecule has 1 aliphatic heterocycles. The van der Waals surface area contributed by atoms with Gasteiger partial charge in [-0.15, -0.1) is 0 Å². The first kappa shape index (κ1) is 21.9. The Kier molecular flexibility index (Phi) is 7.67. The van der Waals surface area contributed by atoms with E-state index in [0.717, 1.165) is 50.7 Å². The molecule has 2 aliphatic carbocycles. The van der Waals surface area contributed by atoms with Gasteiger partial charge in [0.05, 0.1) is 0 Å². The van der Waals surface area contributed by atoms with Crippen LogP contribution in [0, 0.1) is 0 Å². The summed E-state index contributed by atoms with van der Waals surface area (Å²) in [7, 11) is 0. The lowest BCUT2D eigenvalue weighted by Gasteiger charge is -2.36. The Morgan fingerprint density at radius 1 is 0.903 bits per heavy atom. The van der Waals surface area contributed by atoms with E-state index in [4.69, 9.17) is 0 Å². The number of nitrogens with zero attached hydrogens (tertiary/aromatic N) is 2. The molecule has 4 rings (SSSR count). The molecule has 7 heteroatoms. The second kappa shape index (κ2) is 10.8. The number of hydrogen-bond acceptors (Lipinski definition) is 4. The Hall–Kier alpha value is -2.28. The lowest BCUT2D eigenvalue weighted by molar-refractivity contribution is -0.116. The van der Waals surface area contributed by atoms with Gasteiger partial charge in [0.1, 0.15) is 0 Å². The predicted molar refractivity (Wildman–Crippen MR) is 125 cm³/mol. The van der Waals surface area contributed by atoms with Gasteiger partial charge >= 0.3 is 6.03 Å². The number of anilines is 2. The quantitative estimate of drug-likeness (QED) is 0.556. The number of rotatable bonds is 8. The smallest absolute Gasteiger partial charge is 0.315 e. The summed E-state index contributed by atoms with van der Waals surface area (Å²) in [6.45, 7) is 4.95. The zero-order chi connectivity index (χ0) is 21.5. The van der Waals surface area contributed by atoms with Crippen LogP contribution in [0.25, 0.3) is 0 Å². The summed E-state index contributed by atoms with van der Waals surface area (Å²) in [4.78, 5) is 29.2. The van der Waals surface area contributed by atoms with Gasteiger partial charge in [-0.3, -0.25) is 9.69 Å². The molecular formula is C24H37N5O2. The summed E-state index contributed by atoms with van der Waals surface area (Å²) < 4.78 is 0. The first-order chi connectivity index (χ1) is 15.2. The number of amides is 3. The molecule has 0 atom stereocenters. The fourth-order valence-electron chi connectivity index (χ4n) is 4.70. The molecule has 170 valence electrons. The van der Waals surface area contributed by atoms with Crippen molar-refractivity contribution in [2.24, 2.45) is 0 Å². The largest absolute Gasteiger partial charge is 0.369 e. The first-order valence-corrected chi connectivity index (χ1v) is 12.1. The molecule has 1 saturated heterocycles. The lowest BCUT2D eigenvalue weighted by atomic mass is 9.96. The van der Waals surface area contributed by atoms with E-state index in [9.17, 15) is 9.59 Å². The maximum Gasteiger partial charge on any atom is 0.315 e. The van der Waals surface area contributed by atoms with E-state index in [-0.39, 0.29) is 11.9 Å². The average Bonchev–Trinajstić information content (AvgIpc) is 3.64. The SMILES string of the molecule is O=C(CCCNC(=O)NC1CCCCC1)Nc1ccc(N2CCN(C3CC3)CC2)cc1. The summed E-state index contributed by atoms with van der Waals surface area (Å²) in [6.07, 6.45) is 9.59. The minimum Gasteiger partial charge on any atom is -0.369 e. The zero-order valence-corrected chi connectivity index (χ0v) is 18.6.